The van der Waals surface area contributed by atoms with Crippen LogP contribution in [0.2, 0.25) is 0 Å². The quantitative estimate of drug-likeness (QED) is 0.537. The maximum absolute atomic E-state index is 12.4. The van der Waals surface area contributed by atoms with Crippen LogP contribution >= 0.6 is 0 Å². The minimum atomic E-state index is -4.55. The lowest BCUT2D eigenvalue weighted by molar-refractivity contribution is -0.385. The second kappa shape index (κ2) is 3.52. The van der Waals surface area contributed by atoms with Gasteiger partial charge in [0.15, 0.2) is 0 Å². The van der Waals surface area contributed by atoms with E-state index in [-0.39, 0.29) is 11.1 Å². The van der Waals surface area contributed by atoms with Crippen molar-refractivity contribution in [3.8, 4) is 0 Å². The van der Waals surface area contributed by atoms with Gasteiger partial charge in [-0.15, -0.1) is 0 Å². The topological polar surface area (TPSA) is 43.1 Å². The van der Waals surface area contributed by atoms with Crippen LogP contribution in [0.1, 0.15) is 16.7 Å². The highest BCUT2D eigenvalue weighted by Gasteiger charge is 2.34. The molecule has 0 spiro atoms. The third kappa shape index (κ3) is 2.26. The predicted octanol–water partition coefficient (Wildman–Crippen LogP) is 3.23. The molecule has 0 unspecified atom stereocenters. The summed E-state index contributed by atoms with van der Waals surface area (Å²) in [4.78, 5) is 9.55. The third-order valence-corrected chi connectivity index (χ3v) is 2.17. The van der Waals surface area contributed by atoms with E-state index in [4.69, 9.17) is 0 Å². The molecule has 0 heterocycles. The first kappa shape index (κ1) is 11.5. The van der Waals surface area contributed by atoms with Crippen molar-refractivity contribution in [3.63, 3.8) is 0 Å². The molecule has 0 aliphatic carbocycles. The molecule has 15 heavy (non-hydrogen) atoms. The third-order valence-electron chi connectivity index (χ3n) is 2.17. The molecule has 0 fully saturated rings. The highest BCUT2D eigenvalue weighted by atomic mass is 19.4. The number of hydrogen-bond donors (Lipinski definition) is 0. The van der Waals surface area contributed by atoms with Gasteiger partial charge in [0.25, 0.3) is 5.69 Å². The molecule has 6 heteroatoms. The van der Waals surface area contributed by atoms with Gasteiger partial charge in [-0.05, 0) is 25.0 Å². The first-order chi connectivity index (χ1) is 6.73. The zero-order valence-electron chi connectivity index (χ0n) is 8.05. The van der Waals surface area contributed by atoms with Gasteiger partial charge in [0, 0.05) is 12.1 Å². The van der Waals surface area contributed by atoms with E-state index in [0.29, 0.717) is 6.07 Å². The first-order valence-electron chi connectivity index (χ1n) is 4.06. The van der Waals surface area contributed by atoms with Crippen molar-refractivity contribution in [3.05, 3.63) is 38.9 Å². The largest absolute Gasteiger partial charge is 0.416 e. The molecule has 0 aromatic heterocycles. The molecule has 0 saturated carbocycles. The fraction of sp³-hybridized carbons (Fsp3) is 0.333. The summed E-state index contributed by atoms with van der Waals surface area (Å²) in [6, 6.07) is 1.69. The number of rotatable bonds is 1. The van der Waals surface area contributed by atoms with E-state index in [0.717, 1.165) is 6.07 Å². The number of nitrogens with zero attached hydrogens (tertiary/aromatic N) is 1. The molecule has 1 rings (SSSR count). The van der Waals surface area contributed by atoms with Crippen LogP contribution in [0.4, 0.5) is 18.9 Å². The van der Waals surface area contributed by atoms with Crippen molar-refractivity contribution in [2.75, 3.05) is 0 Å². The van der Waals surface area contributed by atoms with E-state index < -0.39 is 22.4 Å². The molecule has 1 aromatic carbocycles. The van der Waals surface area contributed by atoms with Crippen LogP contribution < -0.4 is 0 Å². The first-order valence-corrected chi connectivity index (χ1v) is 4.06. The number of nitro benzene ring substituents is 1. The number of benzene rings is 1. The van der Waals surface area contributed by atoms with Crippen LogP contribution in [0, 0.1) is 24.0 Å². The fourth-order valence-corrected chi connectivity index (χ4v) is 1.24. The molecule has 0 aliphatic heterocycles. The molecular weight excluding hydrogens is 211 g/mol. The second-order valence-corrected chi connectivity index (χ2v) is 3.19. The smallest absolute Gasteiger partial charge is 0.258 e. The lowest BCUT2D eigenvalue weighted by Crippen LogP contribution is -2.09. The van der Waals surface area contributed by atoms with Gasteiger partial charge in [0.2, 0.25) is 0 Å². The van der Waals surface area contributed by atoms with Gasteiger partial charge in [-0.3, -0.25) is 10.1 Å². The Morgan fingerprint density at radius 3 is 2.20 bits per heavy atom. The van der Waals surface area contributed by atoms with Crippen LogP contribution in [0.15, 0.2) is 12.1 Å². The maximum Gasteiger partial charge on any atom is 0.416 e. The number of aryl methyl sites for hydroxylation is 1. The van der Waals surface area contributed by atoms with Gasteiger partial charge in [-0.2, -0.15) is 13.2 Å². The van der Waals surface area contributed by atoms with Crippen LogP contribution in [-0.4, -0.2) is 4.92 Å². The van der Waals surface area contributed by atoms with Crippen LogP contribution in [0.25, 0.3) is 0 Å². The number of hydrogen-bond acceptors (Lipinski definition) is 2. The van der Waals surface area contributed by atoms with Crippen molar-refractivity contribution < 1.29 is 18.1 Å². The second-order valence-electron chi connectivity index (χ2n) is 3.19. The van der Waals surface area contributed by atoms with Gasteiger partial charge in [-0.1, -0.05) is 0 Å². The molecule has 0 N–H and O–H groups in total. The molecule has 0 bridgehead atoms. The van der Waals surface area contributed by atoms with Gasteiger partial charge in [-0.25, -0.2) is 0 Å². The summed E-state index contributed by atoms with van der Waals surface area (Å²) in [6.07, 6.45) is -4.55. The predicted molar refractivity (Wildman–Crippen MR) is 47.6 cm³/mol. The maximum atomic E-state index is 12.4. The Kier molecular flexibility index (Phi) is 2.70. The van der Waals surface area contributed by atoms with Crippen molar-refractivity contribution in [2.45, 2.75) is 20.0 Å². The van der Waals surface area contributed by atoms with Gasteiger partial charge in [0.1, 0.15) is 0 Å². The Bertz CT molecular complexity index is 413. The Hall–Kier alpha value is -1.59. The van der Waals surface area contributed by atoms with Gasteiger partial charge >= 0.3 is 6.18 Å². The standard InChI is InChI=1S/C9H8F3NO2/c1-5-3-7(13(14)15)4-8(6(5)2)9(10,11)12/h3-4H,1-2H3. The Balaban J connectivity index is 3.45. The Morgan fingerprint density at radius 2 is 1.80 bits per heavy atom. The molecule has 0 atom stereocenters. The number of alkyl halides is 3. The highest BCUT2D eigenvalue weighted by Crippen LogP contribution is 2.35. The zero-order valence-corrected chi connectivity index (χ0v) is 8.05. The fourth-order valence-electron chi connectivity index (χ4n) is 1.24. The van der Waals surface area contributed by atoms with Crippen LogP contribution in [0.3, 0.4) is 0 Å². The Labute approximate surface area is 83.7 Å². The summed E-state index contributed by atoms with van der Waals surface area (Å²) in [7, 11) is 0. The van der Waals surface area contributed by atoms with Crippen molar-refractivity contribution in [1.29, 1.82) is 0 Å². The van der Waals surface area contributed by atoms with Crippen molar-refractivity contribution >= 4 is 5.69 Å². The molecule has 0 radical (unpaired) electrons. The van der Waals surface area contributed by atoms with Crippen LogP contribution in [-0.2, 0) is 6.18 Å². The minimum absolute atomic E-state index is 0.0214. The molecule has 3 nitrogen and oxygen atoms in total. The minimum Gasteiger partial charge on any atom is -0.258 e. The summed E-state index contributed by atoms with van der Waals surface area (Å²) in [6.45, 7) is 2.71. The molecule has 0 saturated heterocycles. The van der Waals surface area contributed by atoms with Gasteiger partial charge < -0.3 is 0 Å². The van der Waals surface area contributed by atoms with E-state index in [2.05, 4.69) is 0 Å². The number of non-ortho nitro benzene ring substituents is 1. The van der Waals surface area contributed by atoms with E-state index >= 15 is 0 Å². The van der Waals surface area contributed by atoms with Crippen LogP contribution in [0.5, 0.6) is 0 Å². The molecular formula is C9H8F3NO2. The molecule has 0 aliphatic rings. The summed E-state index contributed by atoms with van der Waals surface area (Å²) < 4.78 is 37.3. The number of halogens is 3. The Morgan fingerprint density at radius 1 is 1.27 bits per heavy atom. The van der Waals surface area contributed by atoms with E-state index in [1.54, 1.807) is 0 Å². The molecule has 82 valence electrons. The van der Waals surface area contributed by atoms with Crippen molar-refractivity contribution in [1.82, 2.24) is 0 Å². The summed E-state index contributed by atoms with van der Waals surface area (Å²) >= 11 is 0. The summed E-state index contributed by atoms with van der Waals surface area (Å²) in [5.41, 5.74) is -1.20. The SMILES string of the molecule is Cc1cc([N+](=O)[O-])cc(C(F)(F)F)c1C. The van der Waals surface area contributed by atoms with E-state index in [1.807, 2.05) is 0 Å². The lowest BCUT2D eigenvalue weighted by atomic mass is 10.0. The molecule has 1 aromatic rings. The lowest BCUT2D eigenvalue weighted by Gasteiger charge is -2.11. The average molecular weight is 219 g/mol. The van der Waals surface area contributed by atoms with Gasteiger partial charge in [0.05, 0.1) is 10.5 Å². The normalized spacial score (nSPS) is 11.5. The average Bonchev–Trinajstić information content (AvgIpc) is 2.06. The highest BCUT2D eigenvalue weighted by molar-refractivity contribution is 5.45. The van der Waals surface area contributed by atoms with E-state index in [1.165, 1.54) is 13.8 Å². The summed E-state index contributed by atoms with van der Waals surface area (Å²) in [5, 5.41) is 10.4. The summed E-state index contributed by atoms with van der Waals surface area (Å²) in [5.74, 6) is 0. The zero-order chi connectivity index (χ0) is 11.8. The van der Waals surface area contributed by atoms with Crippen molar-refractivity contribution in [2.24, 2.45) is 0 Å². The number of nitro groups is 1. The molecule has 0 amide bonds. The monoisotopic (exact) mass is 219 g/mol. The van der Waals surface area contributed by atoms with E-state index in [9.17, 15) is 23.3 Å².